The van der Waals surface area contributed by atoms with Crippen molar-refractivity contribution in [1.29, 1.82) is 0 Å². The Balaban J connectivity index is 1.70. The highest BCUT2D eigenvalue weighted by Crippen LogP contribution is 2.33. The molecule has 5 nitrogen and oxygen atoms in total. The molecule has 1 saturated heterocycles. The molecule has 2 aromatic rings. The van der Waals surface area contributed by atoms with E-state index < -0.39 is 12.6 Å². The predicted molar refractivity (Wildman–Crippen MR) is 105 cm³/mol. The molecule has 0 bridgehead atoms. The summed E-state index contributed by atoms with van der Waals surface area (Å²) in [5.41, 5.74) is 1.83. The molecule has 0 unspecified atom stereocenters. The first-order valence-corrected chi connectivity index (χ1v) is 8.99. The van der Waals surface area contributed by atoms with Crippen LogP contribution in [0.25, 0.3) is 6.08 Å². The molecule has 0 radical (unpaired) electrons. The zero-order valence-corrected chi connectivity index (χ0v) is 15.3. The van der Waals surface area contributed by atoms with Crippen LogP contribution in [0.15, 0.2) is 59.5 Å². The number of rotatable bonds is 6. The number of carbonyl (C=O) groups excluding carboxylic acids is 1. The van der Waals surface area contributed by atoms with Gasteiger partial charge in [0.1, 0.15) is 10.1 Å². The van der Waals surface area contributed by atoms with Crippen molar-refractivity contribution in [3.63, 3.8) is 0 Å². The summed E-state index contributed by atoms with van der Waals surface area (Å²) < 4.78 is 5.63. The number of benzene rings is 2. The molecule has 2 aromatic carbocycles. The van der Waals surface area contributed by atoms with Crippen LogP contribution in [0.3, 0.4) is 0 Å². The van der Waals surface area contributed by atoms with E-state index in [0.29, 0.717) is 21.5 Å². The van der Waals surface area contributed by atoms with E-state index in [-0.39, 0.29) is 5.91 Å². The van der Waals surface area contributed by atoms with Gasteiger partial charge in [0.05, 0.1) is 11.4 Å². The van der Waals surface area contributed by atoms with Gasteiger partial charge in [0.15, 0.2) is 6.61 Å². The number of hydrogen-bond donors (Lipinski definition) is 1. The maximum Gasteiger partial charge on any atom is 0.341 e. The molecule has 0 aliphatic carbocycles. The van der Waals surface area contributed by atoms with E-state index in [1.54, 1.807) is 35.2 Å². The Bertz CT molecular complexity index is 863. The number of nitrogens with zero attached hydrogens (tertiary/aromatic N) is 1. The second-order valence-electron chi connectivity index (χ2n) is 5.50. The zero-order chi connectivity index (χ0) is 18.5. The van der Waals surface area contributed by atoms with Crippen molar-refractivity contribution in [1.82, 2.24) is 4.90 Å². The largest absolute Gasteiger partial charge is 0.482 e. The lowest BCUT2D eigenvalue weighted by Gasteiger charge is -2.14. The second kappa shape index (κ2) is 8.16. The highest BCUT2D eigenvalue weighted by Gasteiger charge is 2.31. The Morgan fingerprint density at radius 1 is 1.15 bits per heavy atom. The summed E-state index contributed by atoms with van der Waals surface area (Å²) in [6, 6.07) is 16.6. The number of carboxylic acid groups (broad SMARTS) is 1. The summed E-state index contributed by atoms with van der Waals surface area (Å²) >= 11 is 6.62. The first-order chi connectivity index (χ1) is 12.5. The fourth-order valence-corrected chi connectivity index (χ4v) is 3.61. The Kier molecular flexibility index (Phi) is 5.70. The minimum Gasteiger partial charge on any atom is -0.482 e. The summed E-state index contributed by atoms with van der Waals surface area (Å²) in [6.07, 6.45) is 1.77. The lowest BCUT2D eigenvalue weighted by Crippen LogP contribution is -2.27. The predicted octanol–water partition coefficient (Wildman–Crippen LogP) is 3.55. The van der Waals surface area contributed by atoms with Gasteiger partial charge in [-0.15, -0.1) is 0 Å². The number of carboxylic acids is 1. The van der Waals surface area contributed by atoms with E-state index in [0.717, 1.165) is 11.1 Å². The Hall–Kier alpha value is -2.64. The van der Waals surface area contributed by atoms with Crippen LogP contribution in [-0.2, 0) is 16.1 Å². The van der Waals surface area contributed by atoms with Gasteiger partial charge >= 0.3 is 5.97 Å². The molecule has 3 rings (SSSR count). The topological polar surface area (TPSA) is 66.8 Å². The van der Waals surface area contributed by atoms with Crippen molar-refractivity contribution >= 4 is 46.3 Å². The SMILES string of the molecule is O=C(O)COc1ccc(/C=C2\SC(=S)N(Cc3ccccc3)C2=O)cc1. The summed E-state index contributed by atoms with van der Waals surface area (Å²) in [7, 11) is 0. The molecule has 0 saturated carbocycles. The quantitative estimate of drug-likeness (QED) is 0.606. The summed E-state index contributed by atoms with van der Waals surface area (Å²) in [5, 5.41) is 8.61. The van der Waals surface area contributed by atoms with E-state index >= 15 is 0 Å². The normalized spacial score (nSPS) is 15.5. The van der Waals surface area contributed by atoms with Crippen molar-refractivity contribution < 1.29 is 19.4 Å². The van der Waals surface area contributed by atoms with E-state index in [1.165, 1.54) is 11.8 Å². The first kappa shape index (κ1) is 18.2. The number of ether oxygens (including phenoxy) is 1. The van der Waals surface area contributed by atoms with Crippen molar-refractivity contribution in [2.24, 2.45) is 0 Å². The Morgan fingerprint density at radius 3 is 2.50 bits per heavy atom. The molecule has 0 spiro atoms. The lowest BCUT2D eigenvalue weighted by atomic mass is 10.2. The summed E-state index contributed by atoms with van der Waals surface area (Å²) in [5.74, 6) is -0.688. The minimum atomic E-state index is -1.03. The third kappa shape index (κ3) is 4.50. The van der Waals surface area contributed by atoms with E-state index in [1.807, 2.05) is 30.3 Å². The number of thiocarbonyl (C=S) groups is 1. The molecule has 1 N–H and O–H groups in total. The van der Waals surface area contributed by atoms with Crippen molar-refractivity contribution in [3.8, 4) is 5.75 Å². The molecule has 1 heterocycles. The van der Waals surface area contributed by atoms with Gasteiger partial charge in [-0.3, -0.25) is 9.69 Å². The maximum atomic E-state index is 12.6. The number of amides is 1. The molecule has 26 heavy (non-hydrogen) atoms. The monoisotopic (exact) mass is 385 g/mol. The average Bonchev–Trinajstić information content (AvgIpc) is 2.89. The van der Waals surface area contributed by atoms with Crippen molar-refractivity contribution in [3.05, 3.63) is 70.6 Å². The average molecular weight is 385 g/mol. The van der Waals surface area contributed by atoms with E-state index in [9.17, 15) is 9.59 Å². The van der Waals surface area contributed by atoms with Gasteiger partial charge in [0.25, 0.3) is 5.91 Å². The Labute approximate surface area is 160 Å². The fraction of sp³-hybridized carbons (Fsp3) is 0.105. The molecule has 0 atom stereocenters. The van der Waals surface area contributed by atoms with Crippen LogP contribution in [0, 0.1) is 0 Å². The van der Waals surface area contributed by atoms with Gasteiger partial charge < -0.3 is 9.84 Å². The third-order valence-electron chi connectivity index (χ3n) is 3.60. The van der Waals surface area contributed by atoms with E-state index in [2.05, 4.69) is 0 Å². The molecule has 1 amide bonds. The van der Waals surface area contributed by atoms with Crippen molar-refractivity contribution in [2.75, 3.05) is 6.61 Å². The molecule has 132 valence electrons. The minimum absolute atomic E-state index is 0.116. The van der Waals surface area contributed by atoms with Gasteiger partial charge in [0.2, 0.25) is 0 Å². The van der Waals surface area contributed by atoms with Crippen LogP contribution in [0.2, 0.25) is 0 Å². The summed E-state index contributed by atoms with van der Waals surface area (Å²) in [4.78, 5) is 25.3. The molecular weight excluding hydrogens is 370 g/mol. The fourth-order valence-electron chi connectivity index (χ4n) is 2.36. The smallest absolute Gasteiger partial charge is 0.341 e. The maximum absolute atomic E-state index is 12.6. The van der Waals surface area contributed by atoms with Crippen LogP contribution < -0.4 is 4.74 Å². The first-order valence-electron chi connectivity index (χ1n) is 7.77. The highest BCUT2D eigenvalue weighted by molar-refractivity contribution is 8.26. The number of aliphatic carboxylic acids is 1. The number of carbonyl (C=O) groups is 2. The van der Waals surface area contributed by atoms with Gasteiger partial charge in [-0.05, 0) is 29.3 Å². The highest BCUT2D eigenvalue weighted by atomic mass is 32.2. The van der Waals surface area contributed by atoms with Crippen LogP contribution in [0.4, 0.5) is 0 Å². The third-order valence-corrected chi connectivity index (χ3v) is 4.98. The molecular formula is C19H15NO4S2. The Morgan fingerprint density at radius 2 is 1.85 bits per heavy atom. The van der Waals surface area contributed by atoms with Gasteiger partial charge in [-0.25, -0.2) is 4.79 Å². The van der Waals surface area contributed by atoms with Crippen LogP contribution in [0.1, 0.15) is 11.1 Å². The molecule has 1 aliphatic rings. The number of thioether (sulfide) groups is 1. The second-order valence-corrected chi connectivity index (χ2v) is 7.18. The van der Waals surface area contributed by atoms with Gasteiger partial charge in [0, 0.05) is 0 Å². The molecule has 7 heteroatoms. The lowest BCUT2D eigenvalue weighted by molar-refractivity contribution is -0.139. The molecule has 1 aliphatic heterocycles. The van der Waals surface area contributed by atoms with Crippen LogP contribution >= 0.6 is 24.0 Å². The molecule has 0 aromatic heterocycles. The molecule has 1 fully saturated rings. The van der Waals surface area contributed by atoms with Crippen LogP contribution in [0.5, 0.6) is 5.75 Å². The van der Waals surface area contributed by atoms with Gasteiger partial charge in [-0.1, -0.05) is 66.4 Å². The van der Waals surface area contributed by atoms with Crippen LogP contribution in [-0.4, -0.2) is 32.8 Å². The standard InChI is InChI=1S/C19H15NO4S2/c21-17(22)12-24-15-8-6-13(7-9-15)10-16-18(23)20(19(25)26-16)11-14-4-2-1-3-5-14/h1-10H,11-12H2,(H,21,22)/b16-10-. The van der Waals surface area contributed by atoms with Gasteiger partial charge in [-0.2, -0.15) is 0 Å². The summed E-state index contributed by atoms with van der Waals surface area (Å²) in [6.45, 7) is 0.0578. The van der Waals surface area contributed by atoms with Crippen molar-refractivity contribution in [2.45, 2.75) is 6.54 Å². The zero-order valence-electron chi connectivity index (χ0n) is 13.6. The number of hydrogen-bond acceptors (Lipinski definition) is 5. The van der Waals surface area contributed by atoms with E-state index in [4.69, 9.17) is 22.1 Å².